The molecule has 2 heteroatoms. The van der Waals surface area contributed by atoms with Crippen molar-refractivity contribution in [3.8, 4) is 0 Å². The fraction of sp³-hybridized carbons (Fsp3) is 0.595. The summed E-state index contributed by atoms with van der Waals surface area (Å²) >= 11 is 0. The van der Waals surface area contributed by atoms with Crippen molar-refractivity contribution in [1.29, 1.82) is 0 Å². The SMILES string of the molecule is CC.CC/C(=C(\Cc1ccc(C(C)=O)cc1)c1ccccc1C)C(C)CCC1CCC=C(C)CC1.CCC1(F)CCCCC1. The van der Waals surface area contributed by atoms with Gasteiger partial charge >= 0.3 is 0 Å². The number of allylic oxidation sites excluding steroid dienone is 4. The van der Waals surface area contributed by atoms with E-state index in [0.717, 1.165) is 50.0 Å². The summed E-state index contributed by atoms with van der Waals surface area (Å²) in [5, 5.41) is 0. The van der Waals surface area contributed by atoms with Crippen LogP contribution in [0.1, 0.15) is 159 Å². The molecule has 1 saturated carbocycles. The highest BCUT2D eigenvalue weighted by atomic mass is 19.1. The van der Waals surface area contributed by atoms with Crippen molar-refractivity contribution in [3.05, 3.63) is 88.0 Å². The van der Waals surface area contributed by atoms with Crippen molar-refractivity contribution >= 4 is 11.4 Å². The van der Waals surface area contributed by atoms with Crippen molar-refractivity contribution in [3.63, 3.8) is 0 Å². The van der Waals surface area contributed by atoms with Gasteiger partial charge in [0.25, 0.3) is 0 Å². The molecule has 0 N–H and O–H groups in total. The first-order chi connectivity index (χ1) is 21.2. The fourth-order valence-corrected chi connectivity index (χ4v) is 6.95. The molecule has 44 heavy (non-hydrogen) atoms. The Morgan fingerprint density at radius 1 is 0.955 bits per heavy atom. The molecule has 1 nitrogen and oxygen atoms in total. The minimum absolute atomic E-state index is 0.128. The van der Waals surface area contributed by atoms with Crippen LogP contribution in [0.3, 0.4) is 0 Å². The molecule has 0 amide bonds. The van der Waals surface area contributed by atoms with Crippen molar-refractivity contribution in [2.75, 3.05) is 0 Å². The normalized spacial score (nSPS) is 19.1. The third kappa shape index (κ3) is 12.1. The van der Waals surface area contributed by atoms with Crippen molar-refractivity contribution in [1.82, 2.24) is 0 Å². The summed E-state index contributed by atoms with van der Waals surface area (Å²) in [4.78, 5) is 11.7. The largest absolute Gasteiger partial charge is 0.295 e. The number of benzene rings is 2. The molecule has 0 heterocycles. The average Bonchev–Trinajstić information content (AvgIpc) is 3.25. The molecule has 1 fully saturated rings. The third-order valence-electron chi connectivity index (χ3n) is 9.98. The van der Waals surface area contributed by atoms with Gasteiger partial charge in [0.05, 0.1) is 0 Å². The lowest BCUT2D eigenvalue weighted by atomic mass is 9.81. The summed E-state index contributed by atoms with van der Waals surface area (Å²) in [6.07, 6.45) is 18.1. The average molecular weight is 603 g/mol. The smallest absolute Gasteiger partial charge is 0.159 e. The molecule has 2 aliphatic rings. The molecule has 0 radical (unpaired) electrons. The van der Waals surface area contributed by atoms with E-state index in [1.165, 1.54) is 67.2 Å². The van der Waals surface area contributed by atoms with Gasteiger partial charge in [0.1, 0.15) is 5.67 Å². The topological polar surface area (TPSA) is 17.1 Å². The second kappa shape index (κ2) is 19.8. The van der Waals surface area contributed by atoms with Crippen molar-refractivity contribution < 1.29 is 9.18 Å². The van der Waals surface area contributed by atoms with E-state index in [4.69, 9.17) is 0 Å². The predicted octanol–water partition coefficient (Wildman–Crippen LogP) is 13.3. The van der Waals surface area contributed by atoms with Gasteiger partial charge < -0.3 is 0 Å². The standard InChI is InChI=1S/C32H42O.C8H15F.C2H6/c1-6-30(25(4)15-17-27-12-9-10-23(2)14-16-27)32(31-13-8-7-11-24(31)3)22-28-18-20-29(21-19-28)26(5)33;1-2-8(9)6-4-3-5-7-8;1-2/h7-8,10-11,13,18-21,25,27H,6,9,12,14-17,22H2,1-5H3;2-7H2,1H3;1-2H3/b32-30-;;. The van der Waals surface area contributed by atoms with E-state index in [9.17, 15) is 9.18 Å². The first kappa shape index (κ1) is 37.7. The van der Waals surface area contributed by atoms with Gasteiger partial charge in [0.2, 0.25) is 0 Å². The number of ketones is 1. The van der Waals surface area contributed by atoms with Crippen LogP contribution in [0.25, 0.3) is 5.57 Å². The molecule has 4 rings (SSSR count). The minimum atomic E-state index is -0.780. The van der Waals surface area contributed by atoms with Gasteiger partial charge in [0, 0.05) is 5.56 Å². The van der Waals surface area contributed by atoms with Gasteiger partial charge in [-0.15, -0.1) is 0 Å². The van der Waals surface area contributed by atoms with E-state index in [1.54, 1.807) is 18.1 Å². The Balaban J connectivity index is 0.000000519. The number of Topliss-reactive ketones (excluding diaryl/α,β-unsaturated/α-hetero) is 1. The molecular formula is C42H63FO. The molecule has 0 aliphatic heterocycles. The van der Waals surface area contributed by atoms with Crippen LogP contribution in [-0.4, -0.2) is 11.5 Å². The van der Waals surface area contributed by atoms with Gasteiger partial charge in [-0.2, -0.15) is 0 Å². The van der Waals surface area contributed by atoms with Crippen molar-refractivity contribution in [2.45, 2.75) is 151 Å². The van der Waals surface area contributed by atoms with Gasteiger partial charge in [-0.05, 0) is 125 Å². The minimum Gasteiger partial charge on any atom is -0.295 e. The number of alkyl halides is 1. The zero-order valence-electron chi connectivity index (χ0n) is 29.5. The fourth-order valence-electron chi connectivity index (χ4n) is 6.95. The highest BCUT2D eigenvalue weighted by molar-refractivity contribution is 5.94. The summed E-state index contributed by atoms with van der Waals surface area (Å²) < 4.78 is 13.3. The Hall–Kier alpha value is -2.48. The third-order valence-corrected chi connectivity index (χ3v) is 9.98. The Labute approximate surface area is 270 Å². The van der Waals surface area contributed by atoms with Gasteiger partial charge in [-0.25, -0.2) is 4.39 Å². The number of rotatable bonds is 10. The van der Waals surface area contributed by atoms with E-state index in [2.05, 4.69) is 70.2 Å². The van der Waals surface area contributed by atoms with Crippen LogP contribution in [0.5, 0.6) is 0 Å². The quantitative estimate of drug-likeness (QED) is 0.195. The second-order valence-electron chi connectivity index (χ2n) is 13.2. The summed E-state index contributed by atoms with van der Waals surface area (Å²) in [6.45, 7) is 16.9. The predicted molar refractivity (Wildman–Crippen MR) is 191 cm³/mol. The Morgan fingerprint density at radius 3 is 2.18 bits per heavy atom. The van der Waals surface area contributed by atoms with E-state index in [0.29, 0.717) is 12.3 Å². The number of hydrogen-bond acceptors (Lipinski definition) is 1. The van der Waals surface area contributed by atoms with Gasteiger partial charge in [-0.1, -0.05) is 120 Å². The zero-order chi connectivity index (χ0) is 32.5. The first-order valence-corrected chi connectivity index (χ1v) is 17.9. The maximum Gasteiger partial charge on any atom is 0.159 e. The molecule has 0 saturated heterocycles. The van der Waals surface area contributed by atoms with E-state index >= 15 is 0 Å². The molecule has 0 aromatic heterocycles. The highest BCUT2D eigenvalue weighted by Crippen LogP contribution is 2.36. The lowest BCUT2D eigenvalue weighted by molar-refractivity contribution is 0.101. The number of halogens is 1. The Morgan fingerprint density at radius 2 is 1.61 bits per heavy atom. The summed E-state index contributed by atoms with van der Waals surface area (Å²) in [5.41, 5.74) is 8.68. The number of carbonyl (C=O) groups is 1. The van der Waals surface area contributed by atoms with Crippen LogP contribution in [0.4, 0.5) is 4.39 Å². The number of hydrogen-bond donors (Lipinski definition) is 0. The number of aryl methyl sites for hydroxylation is 1. The molecule has 2 aromatic rings. The maximum absolute atomic E-state index is 13.3. The maximum atomic E-state index is 13.3. The van der Waals surface area contributed by atoms with Crippen LogP contribution in [0.2, 0.25) is 0 Å². The molecular weight excluding hydrogens is 539 g/mol. The summed E-state index contributed by atoms with van der Waals surface area (Å²) in [5.74, 6) is 1.57. The molecule has 0 spiro atoms. The van der Waals surface area contributed by atoms with Crippen LogP contribution < -0.4 is 0 Å². The van der Waals surface area contributed by atoms with Crippen LogP contribution >= 0.6 is 0 Å². The first-order valence-electron chi connectivity index (χ1n) is 17.9. The monoisotopic (exact) mass is 602 g/mol. The van der Waals surface area contributed by atoms with E-state index in [-0.39, 0.29) is 5.78 Å². The molecule has 0 bridgehead atoms. The molecule has 2 unspecified atom stereocenters. The Kier molecular flexibility index (Phi) is 17.0. The van der Waals surface area contributed by atoms with E-state index < -0.39 is 5.67 Å². The lowest BCUT2D eigenvalue weighted by Gasteiger charge is -2.27. The molecule has 2 aliphatic carbocycles. The van der Waals surface area contributed by atoms with Crippen molar-refractivity contribution in [2.24, 2.45) is 11.8 Å². The number of carbonyl (C=O) groups excluding carboxylic acids is 1. The van der Waals surface area contributed by atoms with Gasteiger partial charge in [0.15, 0.2) is 5.78 Å². The summed E-state index contributed by atoms with van der Waals surface area (Å²) in [6, 6.07) is 17.0. The molecule has 2 aromatic carbocycles. The summed E-state index contributed by atoms with van der Waals surface area (Å²) in [7, 11) is 0. The molecule has 244 valence electrons. The van der Waals surface area contributed by atoms with Gasteiger partial charge in [-0.3, -0.25) is 4.79 Å². The Bertz CT molecular complexity index is 1180. The lowest BCUT2D eigenvalue weighted by Crippen LogP contribution is -2.24. The second-order valence-corrected chi connectivity index (χ2v) is 13.2. The zero-order valence-corrected chi connectivity index (χ0v) is 29.5. The van der Waals surface area contributed by atoms with Crippen LogP contribution in [0.15, 0.2) is 65.8 Å². The van der Waals surface area contributed by atoms with E-state index in [1.807, 2.05) is 32.9 Å². The molecule has 2 atom stereocenters. The van der Waals surface area contributed by atoms with Crippen LogP contribution in [-0.2, 0) is 6.42 Å². The highest BCUT2D eigenvalue weighted by Gasteiger charge is 2.28. The van der Waals surface area contributed by atoms with Crippen LogP contribution in [0, 0.1) is 18.8 Å².